The highest BCUT2D eigenvalue weighted by molar-refractivity contribution is 5.98. The van der Waals surface area contributed by atoms with Crippen molar-refractivity contribution in [2.24, 2.45) is 0 Å². The highest BCUT2D eigenvalue weighted by atomic mass is 19.1. The van der Waals surface area contributed by atoms with Crippen molar-refractivity contribution in [2.45, 2.75) is 6.92 Å². The molecule has 38 heavy (non-hydrogen) atoms. The van der Waals surface area contributed by atoms with E-state index in [0.29, 0.717) is 43.5 Å². The second-order valence-electron chi connectivity index (χ2n) is 9.40. The number of nitrogens with zero attached hydrogens (tertiary/aromatic N) is 5. The number of fused-ring (bicyclic) bond motifs is 1. The molecule has 3 aromatic heterocycles. The van der Waals surface area contributed by atoms with Crippen LogP contribution in [0.1, 0.15) is 5.56 Å². The van der Waals surface area contributed by atoms with Crippen LogP contribution in [0.4, 0.5) is 31.7 Å². The summed E-state index contributed by atoms with van der Waals surface area (Å²) in [6.45, 7) is 7.64. The molecule has 0 amide bonds. The van der Waals surface area contributed by atoms with Gasteiger partial charge < -0.3 is 24.6 Å². The van der Waals surface area contributed by atoms with E-state index < -0.39 is 11.6 Å². The van der Waals surface area contributed by atoms with Crippen LogP contribution in [0.25, 0.3) is 22.2 Å². The number of hydrogen-bond acceptors (Lipinski definition) is 8. The first kappa shape index (κ1) is 24.4. The quantitative estimate of drug-likeness (QED) is 0.408. The maximum atomic E-state index is 15.2. The number of aromatic nitrogens is 3. The Labute approximate surface area is 219 Å². The van der Waals surface area contributed by atoms with Crippen LogP contribution in [0.2, 0.25) is 0 Å². The molecule has 1 N–H and O–H groups in total. The van der Waals surface area contributed by atoms with Crippen molar-refractivity contribution in [1.82, 2.24) is 15.0 Å². The maximum absolute atomic E-state index is 15.2. The van der Waals surface area contributed by atoms with Gasteiger partial charge in [-0.1, -0.05) is 0 Å². The van der Waals surface area contributed by atoms with E-state index in [9.17, 15) is 4.39 Å². The Hall–Kier alpha value is -3.89. The lowest BCUT2D eigenvalue weighted by Crippen LogP contribution is -2.36. The first-order valence-electron chi connectivity index (χ1n) is 12.7. The number of halogens is 2. The minimum atomic E-state index is -0.681. The minimum Gasteiger partial charge on any atom is -0.378 e. The van der Waals surface area contributed by atoms with Gasteiger partial charge in [-0.15, -0.1) is 0 Å². The first-order valence-corrected chi connectivity index (χ1v) is 12.7. The van der Waals surface area contributed by atoms with E-state index in [1.807, 2.05) is 25.1 Å². The summed E-state index contributed by atoms with van der Waals surface area (Å²) in [6, 6.07) is 8.00. The maximum Gasteiger partial charge on any atom is 0.137 e. The predicted molar refractivity (Wildman–Crippen MR) is 143 cm³/mol. The van der Waals surface area contributed by atoms with Crippen molar-refractivity contribution >= 4 is 33.8 Å². The summed E-state index contributed by atoms with van der Waals surface area (Å²) in [4.78, 5) is 18.1. The first-order chi connectivity index (χ1) is 18.6. The molecule has 2 aliphatic heterocycles. The monoisotopic (exact) mass is 518 g/mol. The Balaban J connectivity index is 1.40. The number of rotatable bonds is 5. The van der Waals surface area contributed by atoms with Crippen molar-refractivity contribution < 1.29 is 18.3 Å². The van der Waals surface area contributed by atoms with Crippen LogP contribution in [0.15, 0.2) is 48.9 Å². The summed E-state index contributed by atoms with van der Waals surface area (Å²) >= 11 is 0. The predicted octanol–water partition coefficient (Wildman–Crippen LogP) is 4.70. The van der Waals surface area contributed by atoms with Crippen LogP contribution in [-0.4, -0.2) is 67.6 Å². The topological polar surface area (TPSA) is 75.6 Å². The number of ether oxygens (including phenoxy) is 2. The van der Waals surface area contributed by atoms with E-state index in [1.54, 1.807) is 18.6 Å². The number of nitrogens with one attached hydrogen (secondary N) is 1. The van der Waals surface area contributed by atoms with Gasteiger partial charge in [0.25, 0.3) is 0 Å². The molecule has 0 atom stereocenters. The highest BCUT2D eigenvalue weighted by Gasteiger charge is 2.20. The minimum absolute atomic E-state index is 0.222. The number of morpholine rings is 2. The normalized spacial score (nSPS) is 16.2. The van der Waals surface area contributed by atoms with Gasteiger partial charge in [-0.05, 0) is 30.7 Å². The summed E-state index contributed by atoms with van der Waals surface area (Å²) in [6.07, 6.45) is 5.25. The van der Waals surface area contributed by atoms with E-state index in [1.165, 1.54) is 6.07 Å². The third-order valence-electron chi connectivity index (χ3n) is 6.97. The number of pyridine rings is 3. The lowest BCUT2D eigenvalue weighted by Gasteiger charge is -2.29. The molecule has 0 aliphatic carbocycles. The van der Waals surface area contributed by atoms with Gasteiger partial charge in [-0.25, -0.2) is 18.7 Å². The lowest BCUT2D eigenvalue weighted by molar-refractivity contribution is 0.122. The Morgan fingerprint density at radius 1 is 0.868 bits per heavy atom. The van der Waals surface area contributed by atoms with Gasteiger partial charge in [-0.2, -0.15) is 0 Å². The molecule has 1 aromatic carbocycles. The summed E-state index contributed by atoms with van der Waals surface area (Å²) in [5.41, 5.74) is 4.46. The Bertz CT molecular complexity index is 1450. The fourth-order valence-electron chi connectivity index (χ4n) is 4.98. The van der Waals surface area contributed by atoms with E-state index in [0.717, 1.165) is 54.9 Å². The third kappa shape index (κ3) is 4.84. The second kappa shape index (κ2) is 10.5. The van der Waals surface area contributed by atoms with Gasteiger partial charge >= 0.3 is 0 Å². The van der Waals surface area contributed by atoms with Crippen molar-refractivity contribution in [1.29, 1.82) is 0 Å². The average molecular weight is 519 g/mol. The molecule has 2 aliphatic rings. The van der Waals surface area contributed by atoms with Crippen molar-refractivity contribution in [3.05, 3.63) is 66.1 Å². The SMILES string of the molecule is Cc1c(-c2ccc(N3CCOCC3)nc2)nc2cc(F)cc(F)c2c1Nc1cncc(N2CCOCC2)c1. The number of hydrogen-bond donors (Lipinski definition) is 1. The zero-order valence-electron chi connectivity index (χ0n) is 21.1. The van der Waals surface area contributed by atoms with E-state index in [4.69, 9.17) is 9.47 Å². The third-order valence-corrected chi connectivity index (χ3v) is 6.97. The average Bonchev–Trinajstić information content (AvgIpc) is 2.95. The summed E-state index contributed by atoms with van der Waals surface area (Å²) < 4.78 is 40.3. The molecule has 5 heterocycles. The second-order valence-corrected chi connectivity index (χ2v) is 9.40. The number of anilines is 4. The lowest BCUT2D eigenvalue weighted by atomic mass is 10.0. The van der Waals surface area contributed by atoms with Gasteiger partial charge in [0, 0.05) is 50.1 Å². The zero-order valence-corrected chi connectivity index (χ0v) is 21.1. The molecule has 0 spiro atoms. The van der Waals surface area contributed by atoms with Crippen LogP contribution in [0.5, 0.6) is 0 Å². The summed E-state index contributed by atoms with van der Waals surface area (Å²) in [5, 5.41) is 3.59. The van der Waals surface area contributed by atoms with Gasteiger partial charge in [0.05, 0.1) is 72.5 Å². The van der Waals surface area contributed by atoms with Crippen LogP contribution in [0, 0.1) is 18.6 Å². The van der Waals surface area contributed by atoms with E-state index in [2.05, 4.69) is 30.1 Å². The molecule has 0 saturated carbocycles. The van der Waals surface area contributed by atoms with Crippen LogP contribution >= 0.6 is 0 Å². The largest absolute Gasteiger partial charge is 0.378 e. The fourth-order valence-corrected chi connectivity index (χ4v) is 4.98. The van der Waals surface area contributed by atoms with Gasteiger partial charge in [0.15, 0.2) is 0 Å². The van der Waals surface area contributed by atoms with Crippen LogP contribution in [-0.2, 0) is 9.47 Å². The zero-order chi connectivity index (χ0) is 26.1. The van der Waals surface area contributed by atoms with E-state index in [-0.39, 0.29) is 10.9 Å². The molecule has 0 unspecified atom stereocenters. The molecule has 6 rings (SSSR count). The molecular formula is C28H28F2N6O2. The van der Waals surface area contributed by atoms with Crippen LogP contribution in [0.3, 0.4) is 0 Å². The Morgan fingerprint density at radius 3 is 2.32 bits per heavy atom. The molecule has 196 valence electrons. The van der Waals surface area contributed by atoms with Gasteiger partial charge in [0.1, 0.15) is 17.5 Å². The molecule has 2 fully saturated rings. The Morgan fingerprint density at radius 2 is 1.61 bits per heavy atom. The van der Waals surface area contributed by atoms with Crippen molar-refractivity contribution in [3.8, 4) is 11.3 Å². The standard InChI is InChI=1S/C28H28F2N6O2/c1-18-27(19-2-3-25(32-15-19)36-6-10-38-11-7-36)34-24-13-20(29)12-23(30)26(24)28(18)33-21-14-22(17-31-16-21)35-4-8-37-9-5-35/h2-3,12-17H,4-11H2,1H3,(H,33,34). The molecule has 4 aromatic rings. The molecule has 0 radical (unpaired) electrons. The van der Waals surface area contributed by atoms with Gasteiger partial charge in [0.2, 0.25) is 0 Å². The summed E-state index contributed by atoms with van der Waals surface area (Å²) in [7, 11) is 0. The molecule has 2 saturated heterocycles. The van der Waals surface area contributed by atoms with Crippen molar-refractivity contribution in [2.75, 3.05) is 67.7 Å². The van der Waals surface area contributed by atoms with E-state index >= 15 is 4.39 Å². The molecular weight excluding hydrogens is 490 g/mol. The van der Waals surface area contributed by atoms with Crippen molar-refractivity contribution in [3.63, 3.8) is 0 Å². The smallest absolute Gasteiger partial charge is 0.137 e. The molecule has 10 heteroatoms. The Kier molecular flexibility index (Phi) is 6.73. The highest BCUT2D eigenvalue weighted by Crippen LogP contribution is 2.37. The van der Waals surface area contributed by atoms with Gasteiger partial charge in [-0.3, -0.25) is 4.98 Å². The number of benzene rings is 1. The van der Waals surface area contributed by atoms with Crippen LogP contribution < -0.4 is 15.1 Å². The molecule has 8 nitrogen and oxygen atoms in total. The molecule has 0 bridgehead atoms. The fraction of sp³-hybridized carbons (Fsp3) is 0.321. The summed E-state index contributed by atoms with van der Waals surface area (Å²) in [5.74, 6) is -0.500.